The summed E-state index contributed by atoms with van der Waals surface area (Å²) < 4.78 is 5.17. The lowest BCUT2D eigenvalue weighted by atomic mass is 10.1. The number of carboxylic acids is 1. The Balaban J connectivity index is 1.96. The third-order valence-electron chi connectivity index (χ3n) is 2.54. The molecular weight excluding hydrogens is 276 g/mol. The van der Waals surface area contributed by atoms with Gasteiger partial charge in [-0.2, -0.15) is 4.98 Å². The molecule has 0 bridgehead atoms. The first-order chi connectivity index (χ1) is 9.54. The van der Waals surface area contributed by atoms with Gasteiger partial charge in [0.25, 0.3) is 0 Å². The summed E-state index contributed by atoms with van der Waals surface area (Å²) in [6.07, 6.45) is 0.794. The zero-order chi connectivity index (χ0) is 14.5. The van der Waals surface area contributed by atoms with Gasteiger partial charge in [-0.15, -0.1) is 11.8 Å². The van der Waals surface area contributed by atoms with Crippen molar-refractivity contribution in [3.8, 4) is 0 Å². The molecule has 0 saturated heterocycles. The lowest BCUT2D eigenvalue weighted by Crippen LogP contribution is -1.96. The Morgan fingerprint density at radius 3 is 2.95 bits per heavy atom. The van der Waals surface area contributed by atoms with Crippen molar-refractivity contribution in [2.45, 2.75) is 30.9 Å². The summed E-state index contributed by atoms with van der Waals surface area (Å²) in [6, 6.07) is 6.80. The van der Waals surface area contributed by atoms with Gasteiger partial charge in [0.2, 0.25) is 5.89 Å². The molecular formula is C14H16N2O3S. The second-order valence-corrected chi connectivity index (χ2v) is 5.87. The van der Waals surface area contributed by atoms with E-state index in [1.807, 2.05) is 6.07 Å². The molecule has 5 nitrogen and oxygen atoms in total. The predicted octanol–water partition coefficient (Wildman–Crippen LogP) is 3.26. The third-order valence-corrected chi connectivity index (χ3v) is 3.52. The summed E-state index contributed by atoms with van der Waals surface area (Å²) in [6.45, 7) is 4.20. The Hall–Kier alpha value is -1.82. The van der Waals surface area contributed by atoms with E-state index >= 15 is 0 Å². The van der Waals surface area contributed by atoms with E-state index in [0.717, 1.165) is 17.1 Å². The molecule has 0 saturated carbocycles. The molecule has 106 valence electrons. The van der Waals surface area contributed by atoms with E-state index in [1.54, 1.807) is 18.2 Å². The molecule has 0 radical (unpaired) electrons. The predicted molar refractivity (Wildman–Crippen MR) is 75.8 cm³/mol. The van der Waals surface area contributed by atoms with Gasteiger partial charge in [-0.1, -0.05) is 25.1 Å². The maximum Gasteiger partial charge on any atom is 0.335 e. The van der Waals surface area contributed by atoms with Crippen molar-refractivity contribution in [2.24, 2.45) is 5.92 Å². The molecule has 1 aromatic carbocycles. The third kappa shape index (κ3) is 4.09. The van der Waals surface area contributed by atoms with Crippen LogP contribution in [0.5, 0.6) is 0 Å². The number of hydrogen-bond acceptors (Lipinski definition) is 5. The Morgan fingerprint density at radius 1 is 1.45 bits per heavy atom. The number of benzene rings is 1. The molecule has 0 aliphatic carbocycles. The highest BCUT2D eigenvalue weighted by Crippen LogP contribution is 2.23. The minimum absolute atomic E-state index is 0.279. The van der Waals surface area contributed by atoms with Crippen LogP contribution in [0.15, 0.2) is 33.7 Å². The van der Waals surface area contributed by atoms with Crippen LogP contribution < -0.4 is 0 Å². The van der Waals surface area contributed by atoms with Gasteiger partial charge in [0.05, 0.1) is 11.3 Å². The molecule has 1 N–H and O–H groups in total. The van der Waals surface area contributed by atoms with Crippen LogP contribution in [-0.2, 0) is 12.2 Å². The molecule has 0 unspecified atom stereocenters. The average molecular weight is 292 g/mol. The largest absolute Gasteiger partial charge is 0.478 e. The number of carbonyl (C=O) groups is 1. The van der Waals surface area contributed by atoms with E-state index in [9.17, 15) is 4.79 Å². The number of aromatic carboxylic acids is 1. The van der Waals surface area contributed by atoms with Gasteiger partial charge in [-0.25, -0.2) is 4.79 Å². The lowest BCUT2D eigenvalue weighted by Gasteiger charge is -2.00. The zero-order valence-corrected chi connectivity index (χ0v) is 12.2. The van der Waals surface area contributed by atoms with Gasteiger partial charge in [-0.3, -0.25) is 0 Å². The number of nitrogens with zero attached hydrogens (tertiary/aromatic N) is 2. The molecule has 6 heteroatoms. The Morgan fingerprint density at radius 2 is 2.25 bits per heavy atom. The number of aromatic nitrogens is 2. The average Bonchev–Trinajstić information content (AvgIpc) is 2.83. The summed E-state index contributed by atoms with van der Waals surface area (Å²) in [5, 5.41) is 12.9. The Labute approximate surface area is 121 Å². The Kier molecular flexibility index (Phi) is 4.79. The van der Waals surface area contributed by atoms with Crippen molar-refractivity contribution >= 4 is 17.7 Å². The van der Waals surface area contributed by atoms with E-state index in [2.05, 4.69) is 24.0 Å². The molecule has 0 aliphatic rings. The number of carboxylic acid groups (broad SMARTS) is 1. The highest BCUT2D eigenvalue weighted by molar-refractivity contribution is 7.98. The molecule has 0 spiro atoms. The summed E-state index contributed by atoms with van der Waals surface area (Å²) in [5.74, 6) is 1.37. The van der Waals surface area contributed by atoms with Crippen LogP contribution in [0.3, 0.4) is 0 Å². The molecule has 1 aromatic heterocycles. The van der Waals surface area contributed by atoms with E-state index in [0.29, 0.717) is 17.6 Å². The smallest absolute Gasteiger partial charge is 0.335 e. The van der Waals surface area contributed by atoms with E-state index in [4.69, 9.17) is 9.63 Å². The Bertz CT molecular complexity index is 596. The molecule has 0 fully saturated rings. The van der Waals surface area contributed by atoms with Crippen LogP contribution in [-0.4, -0.2) is 21.2 Å². The summed E-state index contributed by atoms with van der Waals surface area (Å²) in [4.78, 5) is 16.1. The second kappa shape index (κ2) is 6.56. The fraction of sp³-hybridized carbons (Fsp3) is 0.357. The van der Waals surface area contributed by atoms with Crippen LogP contribution in [0, 0.1) is 5.92 Å². The maximum atomic E-state index is 10.9. The van der Waals surface area contributed by atoms with Gasteiger partial charge in [0, 0.05) is 11.3 Å². The minimum atomic E-state index is -0.926. The first-order valence-corrected chi connectivity index (χ1v) is 7.31. The summed E-state index contributed by atoms with van der Waals surface area (Å²) >= 11 is 1.48. The fourth-order valence-electron chi connectivity index (χ4n) is 1.66. The number of rotatable bonds is 6. The number of hydrogen-bond donors (Lipinski definition) is 1. The van der Waals surface area contributed by atoms with Crippen molar-refractivity contribution in [1.82, 2.24) is 10.1 Å². The van der Waals surface area contributed by atoms with Crippen LogP contribution in [0.4, 0.5) is 0 Å². The van der Waals surface area contributed by atoms with E-state index < -0.39 is 5.97 Å². The fourth-order valence-corrected chi connectivity index (χ4v) is 2.45. The van der Waals surface area contributed by atoms with Gasteiger partial charge in [0.1, 0.15) is 0 Å². The quantitative estimate of drug-likeness (QED) is 0.823. The van der Waals surface area contributed by atoms with Crippen LogP contribution in [0.2, 0.25) is 0 Å². The second-order valence-electron chi connectivity index (χ2n) is 4.82. The molecule has 0 atom stereocenters. The van der Waals surface area contributed by atoms with Crippen molar-refractivity contribution in [3.63, 3.8) is 0 Å². The van der Waals surface area contributed by atoms with Gasteiger partial charge < -0.3 is 9.63 Å². The molecule has 0 amide bonds. The van der Waals surface area contributed by atoms with Crippen molar-refractivity contribution in [2.75, 3.05) is 0 Å². The molecule has 0 aliphatic heterocycles. The van der Waals surface area contributed by atoms with E-state index in [-0.39, 0.29) is 5.56 Å². The minimum Gasteiger partial charge on any atom is -0.478 e. The standard InChI is InChI=1S/C14H16N2O3S/c1-9(2)6-12-15-13(19-16-12)8-20-11-5-3-4-10(7-11)14(17)18/h3-5,7,9H,6,8H2,1-2H3,(H,17,18). The van der Waals surface area contributed by atoms with Gasteiger partial charge >= 0.3 is 5.97 Å². The lowest BCUT2D eigenvalue weighted by molar-refractivity contribution is 0.0696. The molecule has 1 heterocycles. The molecule has 20 heavy (non-hydrogen) atoms. The molecule has 2 rings (SSSR count). The van der Waals surface area contributed by atoms with Crippen LogP contribution >= 0.6 is 11.8 Å². The van der Waals surface area contributed by atoms with Crippen molar-refractivity contribution in [3.05, 3.63) is 41.5 Å². The van der Waals surface area contributed by atoms with Gasteiger partial charge in [0.15, 0.2) is 5.82 Å². The number of thioether (sulfide) groups is 1. The van der Waals surface area contributed by atoms with Gasteiger partial charge in [-0.05, 0) is 24.1 Å². The van der Waals surface area contributed by atoms with Crippen LogP contribution in [0.1, 0.15) is 35.9 Å². The highest BCUT2D eigenvalue weighted by atomic mass is 32.2. The van der Waals surface area contributed by atoms with Crippen LogP contribution in [0.25, 0.3) is 0 Å². The summed E-state index contributed by atoms with van der Waals surface area (Å²) in [5.41, 5.74) is 0.279. The highest BCUT2D eigenvalue weighted by Gasteiger charge is 2.09. The van der Waals surface area contributed by atoms with E-state index in [1.165, 1.54) is 11.8 Å². The topological polar surface area (TPSA) is 76.2 Å². The SMILES string of the molecule is CC(C)Cc1noc(CSc2cccc(C(=O)O)c2)n1. The first kappa shape index (κ1) is 14.6. The van der Waals surface area contributed by atoms with Crippen molar-refractivity contribution < 1.29 is 14.4 Å². The van der Waals surface area contributed by atoms with Crippen molar-refractivity contribution in [1.29, 1.82) is 0 Å². The normalized spacial score (nSPS) is 10.9. The maximum absolute atomic E-state index is 10.9. The zero-order valence-electron chi connectivity index (χ0n) is 11.4. The first-order valence-electron chi connectivity index (χ1n) is 6.32. The summed E-state index contributed by atoms with van der Waals surface area (Å²) in [7, 11) is 0. The monoisotopic (exact) mass is 292 g/mol. The molecule has 2 aromatic rings.